The third-order valence-electron chi connectivity index (χ3n) is 6.12. The van der Waals surface area contributed by atoms with E-state index in [9.17, 15) is 14.9 Å². The van der Waals surface area contributed by atoms with E-state index >= 15 is 0 Å². The molecule has 1 aliphatic heterocycles. The van der Waals surface area contributed by atoms with Gasteiger partial charge in [0.25, 0.3) is 11.8 Å². The first-order valence-corrected chi connectivity index (χ1v) is 12.2. The average molecular weight is 519 g/mol. The van der Waals surface area contributed by atoms with Gasteiger partial charge in [0.2, 0.25) is 5.28 Å². The van der Waals surface area contributed by atoms with Crippen LogP contribution in [0.1, 0.15) is 45.8 Å². The molecule has 10 heteroatoms. The van der Waals surface area contributed by atoms with Gasteiger partial charge in [0.15, 0.2) is 0 Å². The summed E-state index contributed by atoms with van der Waals surface area (Å²) in [5.41, 5.74) is 2.42. The predicted molar refractivity (Wildman–Crippen MR) is 142 cm³/mol. The van der Waals surface area contributed by atoms with Gasteiger partial charge >= 0.3 is 0 Å². The molecular formula is C27H27ClN6O3. The Hall–Kier alpha value is -4.00. The standard InChI is InChI=1S/C27H27ClN6O3/c1-17-7-8-20(30-24(35)18-5-4-6-19(13-18)27(2,3)16-29)14-21(17)31-25(36)22-15-23(33-26(28)32-22)34-9-11-37-12-10-34/h4-8,13-15H,9-12H2,1-3H3,(H,30,35)(H,31,36). The summed E-state index contributed by atoms with van der Waals surface area (Å²) in [6.45, 7) is 7.88. The van der Waals surface area contributed by atoms with E-state index < -0.39 is 11.3 Å². The van der Waals surface area contributed by atoms with E-state index in [1.807, 2.05) is 17.9 Å². The summed E-state index contributed by atoms with van der Waals surface area (Å²) in [4.78, 5) is 36.3. The first kappa shape index (κ1) is 26.1. The quantitative estimate of drug-likeness (QED) is 0.458. The number of carbonyl (C=O) groups excluding carboxylic acids is 2. The molecule has 0 unspecified atom stereocenters. The molecule has 2 aromatic carbocycles. The first-order chi connectivity index (χ1) is 17.7. The molecule has 190 valence electrons. The normalized spacial score (nSPS) is 13.5. The number of hydrogen-bond donors (Lipinski definition) is 2. The van der Waals surface area contributed by atoms with E-state index in [1.54, 1.807) is 56.3 Å². The number of carbonyl (C=O) groups is 2. The Morgan fingerprint density at radius 1 is 1.05 bits per heavy atom. The summed E-state index contributed by atoms with van der Waals surface area (Å²) < 4.78 is 5.37. The predicted octanol–water partition coefficient (Wildman–Crippen LogP) is 4.58. The Morgan fingerprint density at radius 3 is 2.54 bits per heavy atom. The van der Waals surface area contributed by atoms with Crippen LogP contribution in [0.3, 0.4) is 0 Å². The molecule has 4 rings (SSSR count). The van der Waals surface area contributed by atoms with Crippen molar-refractivity contribution in [1.82, 2.24) is 9.97 Å². The summed E-state index contributed by atoms with van der Waals surface area (Å²) in [5.74, 6) is -0.209. The van der Waals surface area contributed by atoms with Gasteiger partial charge in [-0.1, -0.05) is 18.2 Å². The molecule has 1 aliphatic rings. The van der Waals surface area contributed by atoms with Gasteiger partial charge in [-0.25, -0.2) is 9.97 Å². The largest absolute Gasteiger partial charge is 0.378 e. The Labute approximate surface area is 220 Å². The highest BCUT2D eigenvalue weighted by molar-refractivity contribution is 6.28. The fourth-order valence-corrected chi connectivity index (χ4v) is 3.99. The van der Waals surface area contributed by atoms with Crippen LogP contribution < -0.4 is 15.5 Å². The van der Waals surface area contributed by atoms with Crippen LogP contribution in [-0.2, 0) is 10.2 Å². The molecule has 0 saturated carbocycles. The molecule has 0 atom stereocenters. The molecule has 0 aliphatic carbocycles. The van der Waals surface area contributed by atoms with Crippen molar-refractivity contribution in [3.05, 3.63) is 76.2 Å². The van der Waals surface area contributed by atoms with Crippen LogP contribution in [0.2, 0.25) is 5.28 Å². The molecule has 9 nitrogen and oxygen atoms in total. The van der Waals surface area contributed by atoms with Crippen LogP contribution in [0.15, 0.2) is 48.5 Å². The molecule has 1 saturated heterocycles. The highest BCUT2D eigenvalue weighted by atomic mass is 35.5. The van der Waals surface area contributed by atoms with Gasteiger partial charge in [-0.2, -0.15) is 5.26 Å². The van der Waals surface area contributed by atoms with Crippen LogP contribution in [0.25, 0.3) is 0 Å². The highest BCUT2D eigenvalue weighted by Crippen LogP contribution is 2.25. The number of amides is 2. The minimum atomic E-state index is -0.719. The number of nitriles is 1. The van der Waals surface area contributed by atoms with Crippen molar-refractivity contribution in [2.45, 2.75) is 26.2 Å². The van der Waals surface area contributed by atoms with Crippen molar-refractivity contribution < 1.29 is 14.3 Å². The second-order valence-electron chi connectivity index (χ2n) is 9.24. The second-order valence-corrected chi connectivity index (χ2v) is 9.57. The minimum Gasteiger partial charge on any atom is -0.378 e. The molecule has 37 heavy (non-hydrogen) atoms. The number of nitrogens with one attached hydrogen (secondary N) is 2. The van der Waals surface area contributed by atoms with Gasteiger partial charge < -0.3 is 20.3 Å². The maximum atomic E-state index is 13.1. The van der Waals surface area contributed by atoms with E-state index in [0.717, 1.165) is 11.1 Å². The summed E-state index contributed by atoms with van der Waals surface area (Å²) >= 11 is 6.11. The van der Waals surface area contributed by atoms with E-state index in [1.165, 1.54) is 0 Å². The maximum absolute atomic E-state index is 13.1. The Morgan fingerprint density at radius 2 is 1.81 bits per heavy atom. The molecule has 0 radical (unpaired) electrons. The van der Waals surface area contributed by atoms with Crippen LogP contribution in [0.4, 0.5) is 17.2 Å². The number of rotatable bonds is 6. The lowest BCUT2D eigenvalue weighted by atomic mass is 9.85. The second kappa shape index (κ2) is 10.9. The third-order valence-corrected chi connectivity index (χ3v) is 6.29. The lowest BCUT2D eigenvalue weighted by molar-refractivity contribution is 0.101. The topological polar surface area (TPSA) is 120 Å². The number of ether oxygens (including phenoxy) is 1. The zero-order valence-electron chi connectivity index (χ0n) is 20.8. The first-order valence-electron chi connectivity index (χ1n) is 11.8. The molecule has 1 fully saturated rings. The van der Waals surface area contributed by atoms with Crippen LogP contribution in [-0.4, -0.2) is 48.1 Å². The van der Waals surface area contributed by atoms with Gasteiger partial charge in [0.1, 0.15) is 11.5 Å². The molecule has 3 aromatic rings. The summed E-state index contributed by atoms with van der Waals surface area (Å²) in [6.07, 6.45) is 0. The number of benzene rings is 2. The zero-order chi connectivity index (χ0) is 26.6. The number of aryl methyl sites for hydroxylation is 1. The highest BCUT2D eigenvalue weighted by Gasteiger charge is 2.21. The lowest BCUT2D eigenvalue weighted by Crippen LogP contribution is -2.37. The molecule has 0 bridgehead atoms. The SMILES string of the molecule is Cc1ccc(NC(=O)c2cccc(C(C)(C)C#N)c2)cc1NC(=O)c1cc(N2CCOCC2)nc(Cl)n1. The summed E-state index contributed by atoms with van der Waals surface area (Å²) in [7, 11) is 0. The van der Waals surface area contributed by atoms with Gasteiger partial charge in [-0.05, 0) is 67.8 Å². The van der Waals surface area contributed by atoms with Gasteiger partial charge in [-0.3, -0.25) is 9.59 Å². The molecule has 2 heterocycles. The average Bonchev–Trinajstić information content (AvgIpc) is 2.90. The van der Waals surface area contributed by atoms with E-state index in [-0.39, 0.29) is 16.9 Å². The number of hydrogen-bond acceptors (Lipinski definition) is 7. The molecule has 2 N–H and O–H groups in total. The number of aromatic nitrogens is 2. The Balaban J connectivity index is 1.51. The van der Waals surface area contributed by atoms with Crippen molar-refractivity contribution in [3.63, 3.8) is 0 Å². The number of morpholine rings is 1. The van der Waals surface area contributed by atoms with Gasteiger partial charge in [0.05, 0.1) is 24.7 Å². The smallest absolute Gasteiger partial charge is 0.274 e. The Bertz CT molecular complexity index is 1380. The molecule has 1 aromatic heterocycles. The van der Waals surface area contributed by atoms with Gasteiger partial charge in [-0.15, -0.1) is 0 Å². The monoisotopic (exact) mass is 518 g/mol. The molecular weight excluding hydrogens is 492 g/mol. The number of halogens is 1. The summed E-state index contributed by atoms with van der Waals surface area (Å²) in [5, 5.41) is 15.1. The van der Waals surface area contributed by atoms with Gasteiger partial charge in [0, 0.05) is 36.1 Å². The molecule has 0 spiro atoms. The fourth-order valence-electron chi connectivity index (χ4n) is 3.81. The lowest BCUT2D eigenvalue weighted by Gasteiger charge is -2.27. The van der Waals surface area contributed by atoms with Crippen LogP contribution in [0.5, 0.6) is 0 Å². The fraction of sp³-hybridized carbons (Fsp3) is 0.296. The summed E-state index contributed by atoms with van der Waals surface area (Å²) in [6, 6.07) is 16.1. The van der Waals surface area contributed by atoms with Crippen LogP contribution in [0, 0.1) is 18.3 Å². The third kappa shape index (κ3) is 6.23. The number of nitrogens with zero attached hydrogens (tertiary/aromatic N) is 4. The van der Waals surface area contributed by atoms with E-state index in [0.29, 0.717) is 49.1 Å². The van der Waals surface area contributed by atoms with E-state index in [4.69, 9.17) is 16.3 Å². The van der Waals surface area contributed by atoms with E-state index in [2.05, 4.69) is 26.7 Å². The maximum Gasteiger partial charge on any atom is 0.274 e. The van der Waals surface area contributed by atoms with Crippen molar-refractivity contribution >= 4 is 40.6 Å². The minimum absolute atomic E-state index is 0.0197. The zero-order valence-corrected chi connectivity index (χ0v) is 21.6. The van der Waals surface area contributed by atoms with Crippen molar-refractivity contribution in [2.75, 3.05) is 41.8 Å². The number of anilines is 3. The van der Waals surface area contributed by atoms with Crippen molar-refractivity contribution in [2.24, 2.45) is 0 Å². The molecule has 2 amide bonds. The Kier molecular flexibility index (Phi) is 7.71. The van der Waals surface area contributed by atoms with Crippen LogP contribution >= 0.6 is 11.6 Å². The van der Waals surface area contributed by atoms with Crippen molar-refractivity contribution in [1.29, 1.82) is 5.26 Å². The van der Waals surface area contributed by atoms with Crippen molar-refractivity contribution in [3.8, 4) is 6.07 Å².